The summed E-state index contributed by atoms with van der Waals surface area (Å²) in [6, 6.07) is 9.57. The Bertz CT molecular complexity index is 524. The van der Waals surface area contributed by atoms with E-state index < -0.39 is 29.9 Å². The van der Waals surface area contributed by atoms with Crippen LogP contribution in [0.2, 0.25) is 0 Å². The van der Waals surface area contributed by atoms with Gasteiger partial charge in [-0.15, -0.1) is 0 Å². The Labute approximate surface area is 123 Å². The van der Waals surface area contributed by atoms with Crippen LogP contribution >= 0.6 is 0 Å². The van der Waals surface area contributed by atoms with E-state index in [1.165, 1.54) is 7.11 Å². The molecule has 1 aromatic rings. The Morgan fingerprint density at radius 2 is 2.00 bits per heavy atom. The highest BCUT2D eigenvalue weighted by molar-refractivity contribution is 5.87. The Morgan fingerprint density at radius 3 is 2.48 bits per heavy atom. The Morgan fingerprint density at radius 1 is 1.38 bits per heavy atom. The van der Waals surface area contributed by atoms with E-state index in [0.29, 0.717) is 5.56 Å². The van der Waals surface area contributed by atoms with E-state index in [9.17, 15) is 14.7 Å². The van der Waals surface area contributed by atoms with Gasteiger partial charge in [0, 0.05) is 19.4 Å². The fourth-order valence-corrected chi connectivity index (χ4v) is 1.96. The number of nitrogens with zero attached hydrogens (tertiary/aromatic N) is 1. The van der Waals surface area contributed by atoms with Gasteiger partial charge in [-0.2, -0.15) is 5.26 Å². The largest absolute Gasteiger partial charge is 0.480 e. The van der Waals surface area contributed by atoms with Crippen LogP contribution in [0.25, 0.3) is 0 Å². The Hall–Kier alpha value is -2.39. The van der Waals surface area contributed by atoms with Crippen molar-refractivity contribution in [2.75, 3.05) is 7.11 Å². The number of nitrogens with one attached hydrogen (secondary N) is 1. The van der Waals surface area contributed by atoms with E-state index in [4.69, 9.17) is 10.00 Å². The van der Waals surface area contributed by atoms with Gasteiger partial charge >= 0.3 is 5.97 Å². The van der Waals surface area contributed by atoms with Crippen molar-refractivity contribution >= 4 is 11.9 Å². The van der Waals surface area contributed by atoms with Crippen LogP contribution in [0.1, 0.15) is 25.0 Å². The van der Waals surface area contributed by atoms with E-state index >= 15 is 0 Å². The molecular weight excluding hydrogens is 272 g/mol. The molecule has 0 radical (unpaired) electrons. The highest BCUT2D eigenvalue weighted by Crippen LogP contribution is 2.17. The Kier molecular flexibility index (Phi) is 6.37. The lowest BCUT2D eigenvalue weighted by atomic mass is 9.98. The molecule has 3 atom stereocenters. The van der Waals surface area contributed by atoms with Crippen LogP contribution in [0.4, 0.5) is 0 Å². The predicted octanol–water partition coefficient (Wildman–Crippen LogP) is 1.49. The maximum atomic E-state index is 12.2. The van der Waals surface area contributed by atoms with Crippen molar-refractivity contribution in [2.24, 2.45) is 5.92 Å². The summed E-state index contributed by atoms with van der Waals surface area (Å²) in [7, 11) is 1.38. The number of methoxy groups -OCH3 is 1. The third kappa shape index (κ3) is 4.58. The molecule has 0 saturated carbocycles. The fraction of sp³-hybridized carbons (Fsp3) is 0.400. The van der Waals surface area contributed by atoms with Crippen LogP contribution in [-0.4, -0.2) is 30.1 Å². The Balaban J connectivity index is 2.85. The smallest absolute Gasteiger partial charge is 0.326 e. The second kappa shape index (κ2) is 8.02. The normalized spacial score (nSPS) is 14.5. The standard InChI is InChI=1S/C15H18N2O4/c1-10(8-9-16)12(15(19)20)17-14(18)13(21-2)11-6-4-3-5-7-11/h3-7,10,12-13H,8H2,1-2H3,(H,17,18)(H,19,20)/t10-,12-,13-/m0/s1. The molecule has 0 fully saturated rings. The molecule has 1 aromatic carbocycles. The first-order chi connectivity index (χ1) is 10.0. The number of amides is 1. The number of rotatable bonds is 7. The lowest BCUT2D eigenvalue weighted by molar-refractivity contribution is -0.145. The molecule has 6 nitrogen and oxygen atoms in total. The minimum Gasteiger partial charge on any atom is -0.480 e. The lowest BCUT2D eigenvalue weighted by Gasteiger charge is -2.22. The SMILES string of the molecule is CO[C@H](C(=O)N[C@H](C(=O)O)[C@@H](C)CC#N)c1ccccc1. The van der Waals surface area contributed by atoms with Gasteiger partial charge in [0.15, 0.2) is 6.10 Å². The first-order valence-electron chi connectivity index (χ1n) is 6.49. The van der Waals surface area contributed by atoms with E-state index in [-0.39, 0.29) is 6.42 Å². The number of nitriles is 1. The zero-order chi connectivity index (χ0) is 15.8. The number of carbonyl (C=O) groups excluding carboxylic acids is 1. The molecule has 6 heteroatoms. The zero-order valence-corrected chi connectivity index (χ0v) is 11.9. The van der Waals surface area contributed by atoms with Gasteiger partial charge in [0.05, 0.1) is 6.07 Å². The fourth-order valence-electron chi connectivity index (χ4n) is 1.96. The number of carbonyl (C=O) groups is 2. The van der Waals surface area contributed by atoms with E-state index in [0.717, 1.165) is 0 Å². The van der Waals surface area contributed by atoms with Crippen molar-refractivity contribution in [1.29, 1.82) is 5.26 Å². The number of hydrogen-bond acceptors (Lipinski definition) is 4. The highest BCUT2D eigenvalue weighted by atomic mass is 16.5. The van der Waals surface area contributed by atoms with E-state index in [1.54, 1.807) is 31.2 Å². The summed E-state index contributed by atoms with van der Waals surface area (Å²) in [5.41, 5.74) is 0.634. The van der Waals surface area contributed by atoms with E-state index in [2.05, 4.69) is 5.32 Å². The summed E-state index contributed by atoms with van der Waals surface area (Å²) < 4.78 is 5.15. The highest BCUT2D eigenvalue weighted by Gasteiger charge is 2.30. The number of carboxylic acids is 1. The summed E-state index contributed by atoms with van der Waals surface area (Å²) in [4.78, 5) is 23.4. The van der Waals surface area contributed by atoms with Gasteiger partial charge in [0.2, 0.25) is 0 Å². The quantitative estimate of drug-likeness (QED) is 0.792. The first kappa shape index (κ1) is 16.7. The molecule has 0 heterocycles. The minimum atomic E-state index is -1.17. The average molecular weight is 290 g/mol. The summed E-state index contributed by atoms with van der Waals surface area (Å²) in [6.07, 6.45) is -0.845. The van der Waals surface area contributed by atoms with Gasteiger partial charge < -0.3 is 15.2 Å². The van der Waals surface area contributed by atoms with Crippen LogP contribution in [0.15, 0.2) is 30.3 Å². The predicted molar refractivity (Wildman–Crippen MR) is 75.2 cm³/mol. The van der Waals surface area contributed by atoms with Crippen LogP contribution in [0.5, 0.6) is 0 Å². The number of hydrogen-bond donors (Lipinski definition) is 2. The molecule has 0 aliphatic carbocycles. The van der Waals surface area contributed by atoms with Gasteiger partial charge in [0.1, 0.15) is 6.04 Å². The third-order valence-corrected chi connectivity index (χ3v) is 3.12. The second-order valence-corrected chi connectivity index (χ2v) is 4.69. The first-order valence-corrected chi connectivity index (χ1v) is 6.49. The number of benzene rings is 1. The minimum absolute atomic E-state index is 0.0419. The summed E-state index contributed by atoms with van der Waals surface area (Å²) in [6.45, 7) is 1.60. The maximum absolute atomic E-state index is 12.2. The molecule has 21 heavy (non-hydrogen) atoms. The van der Waals surface area contributed by atoms with Crippen LogP contribution < -0.4 is 5.32 Å². The van der Waals surface area contributed by atoms with Gasteiger partial charge in [-0.3, -0.25) is 4.79 Å². The van der Waals surface area contributed by atoms with Crippen molar-refractivity contribution in [3.63, 3.8) is 0 Å². The van der Waals surface area contributed by atoms with Crippen molar-refractivity contribution in [3.05, 3.63) is 35.9 Å². The zero-order valence-electron chi connectivity index (χ0n) is 11.9. The monoisotopic (exact) mass is 290 g/mol. The molecule has 0 aliphatic heterocycles. The molecule has 1 rings (SSSR count). The van der Waals surface area contributed by atoms with Crippen molar-refractivity contribution < 1.29 is 19.4 Å². The molecule has 0 aromatic heterocycles. The molecule has 1 amide bonds. The molecule has 0 saturated heterocycles. The lowest BCUT2D eigenvalue weighted by Crippen LogP contribution is -2.47. The van der Waals surface area contributed by atoms with Gasteiger partial charge in [-0.1, -0.05) is 37.3 Å². The van der Waals surface area contributed by atoms with Crippen molar-refractivity contribution in [3.8, 4) is 6.07 Å². The number of carboxylic acid groups (broad SMARTS) is 1. The molecule has 0 unspecified atom stereocenters. The molecule has 0 aliphatic rings. The van der Waals surface area contributed by atoms with Crippen LogP contribution in [-0.2, 0) is 14.3 Å². The number of ether oxygens (including phenoxy) is 1. The third-order valence-electron chi connectivity index (χ3n) is 3.12. The van der Waals surface area contributed by atoms with E-state index in [1.807, 2.05) is 12.1 Å². The molecule has 2 N–H and O–H groups in total. The molecular formula is C15H18N2O4. The van der Waals surface area contributed by atoms with Crippen LogP contribution in [0, 0.1) is 17.2 Å². The molecule has 0 spiro atoms. The summed E-state index contributed by atoms with van der Waals surface area (Å²) in [5, 5.41) is 20.3. The second-order valence-electron chi connectivity index (χ2n) is 4.69. The van der Waals surface area contributed by atoms with Crippen LogP contribution in [0.3, 0.4) is 0 Å². The summed E-state index contributed by atoms with van der Waals surface area (Å²) >= 11 is 0. The van der Waals surface area contributed by atoms with Gasteiger partial charge in [0.25, 0.3) is 5.91 Å². The van der Waals surface area contributed by atoms with Gasteiger partial charge in [-0.05, 0) is 5.56 Å². The topological polar surface area (TPSA) is 99.4 Å². The maximum Gasteiger partial charge on any atom is 0.326 e. The number of aliphatic carboxylic acids is 1. The molecule has 112 valence electrons. The molecule has 0 bridgehead atoms. The van der Waals surface area contributed by atoms with Crippen molar-refractivity contribution in [1.82, 2.24) is 5.32 Å². The average Bonchev–Trinajstić information content (AvgIpc) is 2.46. The van der Waals surface area contributed by atoms with Gasteiger partial charge in [-0.25, -0.2) is 4.79 Å². The van der Waals surface area contributed by atoms with Crippen molar-refractivity contribution in [2.45, 2.75) is 25.5 Å². The summed E-state index contributed by atoms with van der Waals surface area (Å²) in [5.74, 6) is -2.21.